The Morgan fingerprint density at radius 3 is 2.48 bits per heavy atom. The highest BCUT2D eigenvalue weighted by atomic mass is 19.1. The molecule has 21 heavy (non-hydrogen) atoms. The number of hydrogen-bond donors (Lipinski definition) is 1. The zero-order chi connectivity index (χ0) is 14.9. The summed E-state index contributed by atoms with van der Waals surface area (Å²) in [6, 6.07) is 7.00. The van der Waals surface area contributed by atoms with E-state index >= 15 is 0 Å². The van der Waals surface area contributed by atoms with Gasteiger partial charge in [-0.05, 0) is 43.9 Å². The minimum absolute atomic E-state index is 0.149. The van der Waals surface area contributed by atoms with Gasteiger partial charge in [0.05, 0.1) is 0 Å². The highest BCUT2D eigenvalue weighted by Crippen LogP contribution is 2.37. The van der Waals surface area contributed by atoms with Crippen LogP contribution in [0, 0.1) is 5.82 Å². The lowest BCUT2D eigenvalue weighted by molar-refractivity contribution is 0.00778. The molecule has 1 unspecified atom stereocenters. The van der Waals surface area contributed by atoms with E-state index in [1.807, 2.05) is 12.1 Å². The highest BCUT2D eigenvalue weighted by Gasteiger charge is 2.45. The van der Waals surface area contributed by atoms with Crippen molar-refractivity contribution in [3.63, 3.8) is 0 Å². The first-order chi connectivity index (χ1) is 10.1. The van der Waals surface area contributed by atoms with Crippen molar-refractivity contribution in [2.45, 2.75) is 63.6 Å². The Bertz CT molecular complexity index is 478. The summed E-state index contributed by atoms with van der Waals surface area (Å²) in [6.07, 6.45) is 6.43. The third-order valence-corrected chi connectivity index (χ3v) is 5.71. The maximum Gasteiger partial charge on any atom is 0.123 e. The molecule has 1 heterocycles. The largest absolute Gasteiger partial charge is 0.308 e. The van der Waals surface area contributed by atoms with Gasteiger partial charge in [-0.25, -0.2) is 4.39 Å². The van der Waals surface area contributed by atoms with E-state index in [9.17, 15) is 4.39 Å². The van der Waals surface area contributed by atoms with Crippen LogP contribution in [0.1, 0.15) is 51.5 Å². The first-order valence-corrected chi connectivity index (χ1v) is 8.30. The third kappa shape index (κ3) is 3.00. The Hall–Kier alpha value is -0.930. The van der Waals surface area contributed by atoms with Crippen LogP contribution in [0.25, 0.3) is 0 Å². The number of nitrogens with one attached hydrogen (secondary N) is 1. The van der Waals surface area contributed by atoms with Gasteiger partial charge in [-0.1, -0.05) is 31.9 Å². The molecule has 0 aromatic heterocycles. The lowest BCUT2D eigenvalue weighted by Crippen LogP contribution is -2.67. The molecule has 1 spiro atoms. The Labute approximate surface area is 127 Å². The molecule has 0 bridgehead atoms. The molecule has 3 heteroatoms. The molecule has 1 aromatic carbocycles. The fraction of sp³-hybridized carbons (Fsp3) is 0.667. The molecule has 1 atom stereocenters. The van der Waals surface area contributed by atoms with Crippen molar-refractivity contribution in [2.24, 2.45) is 0 Å². The van der Waals surface area contributed by atoms with Gasteiger partial charge in [0.1, 0.15) is 5.82 Å². The van der Waals surface area contributed by atoms with Crippen molar-refractivity contribution >= 4 is 0 Å². The molecule has 116 valence electrons. The number of benzene rings is 1. The number of piperazine rings is 1. The lowest BCUT2D eigenvalue weighted by Gasteiger charge is -2.52. The van der Waals surface area contributed by atoms with E-state index in [1.54, 1.807) is 12.1 Å². The normalized spacial score (nSPS) is 29.1. The topological polar surface area (TPSA) is 15.3 Å². The summed E-state index contributed by atoms with van der Waals surface area (Å²) in [5, 5.41) is 3.86. The second-order valence-corrected chi connectivity index (χ2v) is 7.17. The highest BCUT2D eigenvalue weighted by molar-refractivity contribution is 5.17. The van der Waals surface area contributed by atoms with Crippen LogP contribution in [-0.2, 0) is 6.54 Å². The fourth-order valence-corrected chi connectivity index (χ4v) is 3.89. The molecular formula is C18H27FN2. The standard InChI is InChI=1S/C18H27FN2/c1-3-17(2)13-20-18(10-4-5-11-18)14-21(17)12-15-6-8-16(19)9-7-15/h6-9,20H,3-5,10-14H2,1-2H3. The summed E-state index contributed by atoms with van der Waals surface area (Å²) in [5.41, 5.74) is 1.74. The third-order valence-electron chi connectivity index (χ3n) is 5.71. The first-order valence-electron chi connectivity index (χ1n) is 8.30. The average Bonchev–Trinajstić information content (AvgIpc) is 2.94. The smallest absolute Gasteiger partial charge is 0.123 e. The Balaban J connectivity index is 1.79. The van der Waals surface area contributed by atoms with Crippen molar-refractivity contribution in [3.8, 4) is 0 Å². The van der Waals surface area contributed by atoms with Gasteiger partial charge < -0.3 is 5.32 Å². The second kappa shape index (κ2) is 5.69. The van der Waals surface area contributed by atoms with Crippen molar-refractivity contribution in [1.82, 2.24) is 10.2 Å². The summed E-state index contributed by atoms with van der Waals surface area (Å²) in [4.78, 5) is 2.63. The van der Waals surface area contributed by atoms with Crippen molar-refractivity contribution in [1.29, 1.82) is 0 Å². The molecule has 1 aliphatic carbocycles. The van der Waals surface area contributed by atoms with Gasteiger partial charge in [0, 0.05) is 30.7 Å². The maximum atomic E-state index is 13.1. The molecule has 1 saturated heterocycles. The summed E-state index contributed by atoms with van der Waals surface area (Å²) >= 11 is 0. The molecule has 0 radical (unpaired) electrons. The van der Waals surface area contributed by atoms with E-state index in [0.717, 1.165) is 26.1 Å². The van der Waals surface area contributed by atoms with Gasteiger partial charge in [-0.3, -0.25) is 4.90 Å². The summed E-state index contributed by atoms with van der Waals surface area (Å²) in [5.74, 6) is -0.149. The summed E-state index contributed by atoms with van der Waals surface area (Å²) < 4.78 is 13.1. The maximum absolute atomic E-state index is 13.1. The van der Waals surface area contributed by atoms with Gasteiger partial charge in [-0.15, -0.1) is 0 Å². The predicted octanol–water partition coefficient (Wildman–Crippen LogP) is 3.71. The second-order valence-electron chi connectivity index (χ2n) is 7.17. The van der Waals surface area contributed by atoms with Crippen LogP contribution < -0.4 is 5.32 Å². The van der Waals surface area contributed by atoms with E-state index in [2.05, 4.69) is 24.1 Å². The van der Waals surface area contributed by atoms with Gasteiger partial charge in [0.15, 0.2) is 0 Å². The lowest BCUT2D eigenvalue weighted by atomic mass is 9.84. The molecule has 1 N–H and O–H groups in total. The van der Waals surface area contributed by atoms with Crippen molar-refractivity contribution < 1.29 is 4.39 Å². The Kier molecular flexibility index (Phi) is 4.06. The molecule has 3 rings (SSSR count). The van der Waals surface area contributed by atoms with Gasteiger partial charge >= 0.3 is 0 Å². The fourth-order valence-electron chi connectivity index (χ4n) is 3.89. The Morgan fingerprint density at radius 1 is 1.19 bits per heavy atom. The number of rotatable bonds is 3. The van der Waals surface area contributed by atoms with Crippen LogP contribution in [0.2, 0.25) is 0 Å². The minimum atomic E-state index is -0.149. The quantitative estimate of drug-likeness (QED) is 0.913. The van der Waals surface area contributed by atoms with E-state index in [0.29, 0.717) is 5.54 Å². The van der Waals surface area contributed by atoms with Crippen LogP contribution >= 0.6 is 0 Å². The number of hydrogen-bond acceptors (Lipinski definition) is 2. The molecule has 2 fully saturated rings. The van der Waals surface area contributed by atoms with Gasteiger partial charge in [-0.2, -0.15) is 0 Å². The summed E-state index contributed by atoms with van der Waals surface area (Å²) in [6.45, 7) is 7.73. The summed E-state index contributed by atoms with van der Waals surface area (Å²) in [7, 11) is 0. The van der Waals surface area contributed by atoms with Crippen LogP contribution in [0.15, 0.2) is 24.3 Å². The zero-order valence-corrected chi connectivity index (χ0v) is 13.3. The SMILES string of the molecule is CCC1(C)CNC2(CCCC2)CN1Cc1ccc(F)cc1. The molecule has 2 nitrogen and oxygen atoms in total. The van der Waals surface area contributed by atoms with Gasteiger partial charge in [0.2, 0.25) is 0 Å². The average molecular weight is 290 g/mol. The van der Waals surface area contributed by atoms with Crippen LogP contribution in [-0.4, -0.2) is 29.1 Å². The van der Waals surface area contributed by atoms with Crippen LogP contribution in [0.5, 0.6) is 0 Å². The Morgan fingerprint density at radius 2 is 1.86 bits per heavy atom. The number of nitrogens with zero attached hydrogens (tertiary/aromatic N) is 1. The van der Waals surface area contributed by atoms with E-state index in [-0.39, 0.29) is 11.4 Å². The van der Waals surface area contributed by atoms with E-state index < -0.39 is 0 Å². The van der Waals surface area contributed by atoms with Gasteiger partial charge in [0.25, 0.3) is 0 Å². The molecule has 0 amide bonds. The van der Waals surface area contributed by atoms with Crippen LogP contribution in [0.3, 0.4) is 0 Å². The minimum Gasteiger partial charge on any atom is -0.308 e. The predicted molar refractivity (Wildman–Crippen MR) is 84.7 cm³/mol. The molecule has 1 aliphatic heterocycles. The molecular weight excluding hydrogens is 263 g/mol. The van der Waals surface area contributed by atoms with Crippen LogP contribution in [0.4, 0.5) is 4.39 Å². The number of halogens is 1. The van der Waals surface area contributed by atoms with Crippen molar-refractivity contribution in [2.75, 3.05) is 13.1 Å². The van der Waals surface area contributed by atoms with E-state index in [4.69, 9.17) is 0 Å². The first kappa shape index (κ1) is 15.0. The molecule has 1 saturated carbocycles. The zero-order valence-electron chi connectivity index (χ0n) is 13.3. The monoisotopic (exact) mass is 290 g/mol. The molecule has 2 aliphatic rings. The molecule has 1 aromatic rings. The van der Waals surface area contributed by atoms with E-state index in [1.165, 1.54) is 31.2 Å². The van der Waals surface area contributed by atoms with Crippen molar-refractivity contribution in [3.05, 3.63) is 35.6 Å².